The molecule has 0 saturated carbocycles. The quantitative estimate of drug-likeness (QED) is 0.859. The minimum Gasteiger partial charge on any atom is -0.508 e. The Labute approximate surface area is 124 Å². The van der Waals surface area contributed by atoms with Crippen molar-refractivity contribution in [1.29, 1.82) is 0 Å². The van der Waals surface area contributed by atoms with Gasteiger partial charge in [0.2, 0.25) is 0 Å². The minimum absolute atomic E-state index is 0.224. The van der Waals surface area contributed by atoms with Crippen LogP contribution in [0.2, 0.25) is 0 Å². The van der Waals surface area contributed by atoms with E-state index in [1.165, 1.54) is 0 Å². The van der Waals surface area contributed by atoms with Crippen LogP contribution >= 0.6 is 0 Å². The van der Waals surface area contributed by atoms with Gasteiger partial charge >= 0.3 is 6.09 Å². The zero-order chi connectivity index (χ0) is 15.5. The molecule has 0 spiro atoms. The first-order valence-corrected chi connectivity index (χ1v) is 6.73. The summed E-state index contributed by atoms with van der Waals surface area (Å²) >= 11 is 0. The number of benzene rings is 2. The molecule has 21 heavy (non-hydrogen) atoms. The lowest BCUT2D eigenvalue weighted by Gasteiger charge is -2.19. The van der Waals surface area contributed by atoms with Crippen molar-refractivity contribution in [1.82, 2.24) is 0 Å². The molecular weight excluding hydrogens is 266 g/mol. The summed E-state index contributed by atoms with van der Waals surface area (Å²) in [6.45, 7) is 5.46. The fourth-order valence-corrected chi connectivity index (χ4v) is 1.85. The molecule has 0 saturated heterocycles. The fourth-order valence-electron chi connectivity index (χ4n) is 1.85. The molecule has 0 radical (unpaired) electrons. The summed E-state index contributed by atoms with van der Waals surface area (Å²) in [6.07, 6.45) is -0.481. The van der Waals surface area contributed by atoms with Gasteiger partial charge in [-0.05, 0) is 56.2 Å². The largest absolute Gasteiger partial charge is 0.508 e. The van der Waals surface area contributed by atoms with Gasteiger partial charge in [-0.25, -0.2) is 4.79 Å². The van der Waals surface area contributed by atoms with Crippen molar-refractivity contribution in [3.8, 4) is 16.9 Å². The molecule has 0 atom stereocenters. The van der Waals surface area contributed by atoms with Gasteiger partial charge in [0.15, 0.2) is 0 Å². The summed E-state index contributed by atoms with van der Waals surface area (Å²) in [4.78, 5) is 11.8. The number of amides is 1. The molecule has 0 aliphatic rings. The Morgan fingerprint density at radius 2 is 1.71 bits per heavy atom. The van der Waals surface area contributed by atoms with Crippen LogP contribution in [0.3, 0.4) is 0 Å². The van der Waals surface area contributed by atoms with E-state index in [0.29, 0.717) is 5.69 Å². The normalized spacial score (nSPS) is 11.0. The van der Waals surface area contributed by atoms with Crippen LogP contribution in [-0.2, 0) is 4.74 Å². The third kappa shape index (κ3) is 4.53. The lowest BCUT2D eigenvalue weighted by Crippen LogP contribution is -2.27. The van der Waals surface area contributed by atoms with Gasteiger partial charge < -0.3 is 9.84 Å². The molecule has 2 rings (SSSR count). The number of carbonyl (C=O) groups is 1. The molecule has 2 aromatic rings. The van der Waals surface area contributed by atoms with Gasteiger partial charge in [-0.1, -0.05) is 24.3 Å². The van der Waals surface area contributed by atoms with E-state index in [2.05, 4.69) is 5.32 Å². The Morgan fingerprint density at radius 3 is 2.33 bits per heavy atom. The molecule has 4 nitrogen and oxygen atoms in total. The molecule has 0 fully saturated rings. The average molecular weight is 285 g/mol. The smallest absolute Gasteiger partial charge is 0.412 e. The van der Waals surface area contributed by atoms with E-state index in [1.54, 1.807) is 18.2 Å². The summed E-state index contributed by atoms with van der Waals surface area (Å²) in [5.74, 6) is 0.224. The lowest BCUT2D eigenvalue weighted by molar-refractivity contribution is 0.0636. The number of nitrogens with one attached hydrogen (secondary N) is 1. The molecule has 0 aliphatic heterocycles. The first-order valence-electron chi connectivity index (χ1n) is 6.73. The first kappa shape index (κ1) is 14.9. The number of phenolic OH excluding ortho intramolecular Hbond substituents is 1. The molecule has 1 amide bonds. The maximum atomic E-state index is 11.8. The predicted octanol–water partition coefficient (Wildman–Crippen LogP) is 4.41. The van der Waals surface area contributed by atoms with E-state index < -0.39 is 11.7 Å². The van der Waals surface area contributed by atoms with E-state index in [-0.39, 0.29) is 5.75 Å². The monoisotopic (exact) mass is 285 g/mol. The van der Waals surface area contributed by atoms with Gasteiger partial charge in [0.1, 0.15) is 11.4 Å². The van der Waals surface area contributed by atoms with Crippen molar-refractivity contribution in [2.75, 3.05) is 5.32 Å². The number of aromatic hydroxyl groups is 1. The summed E-state index contributed by atoms with van der Waals surface area (Å²) < 4.78 is 5.22. The van der Waals surface area contributed by atoms with Crippen LogP contribution in [0, 0.1) is 0 Å². The van der Waals surface area contributed by atoms with E-state index >= 15 is 0 Å². The zero-order valence-electron chi connectivity index (χ0n) is 12.4. The second-order valence-corrected chi connectivity index (χ2v) is 5.75. The van der Waals surface area contributed by atoms with E-state index in [0.717, 1.165) is 11.1 Å². The summed E-state index contributed by atoms with van der Waals surface area (Å²) in [5, 5.41) is 12.0. The maximum Gasteiger partial charge on any atom is 0.412 e. The zero-order valence-corrected chi connectivity index (χ0v) is 12.4. The van der Waals surface area contributed by atoms with Crippen LogP contribution in [-0.4, -0.2) is 16.8 Å². The molecule has 4 heteroatoms. The van der Waals surface area contributed by atoms with Crippen LogP contribution < -0.4 is 5.32 Å². The number of anilines is 1. The number of ether oxygens (including phenoxy) is 1. The van der Waals surface area contributed by atoms with Gasteiger partial charge in [-0.3, -0.25) is 5.32 Å². The second-order valence-electron chi connectivity index (χ2n) is 5.75. The molecule has 2 aromatic carbocycles. The van der Waals surface area contributed by atoms with E-state index in [4.69, 9.17) is 4.74 Å². The van der Waals surface area contributed by atoms with Gasteiger partial charge in [0.25, 0.3) is 0 Å². The maximum absolute atomic E-state index is 11.8. The molecule has 110 valence electrons. The second kappa shape index (κ2) is 5.87. The third-order valence-electron chi connectivity index (χ3n) is 2.71. The molecule has 0 heterocycles. The topological polar surface area (TPSA) is 58.6 Å². The Morgan fingerprint density at radius 1 is 1.05 bits per heavy atom. The predicted molar refractivity (Wildman–Crippen MR) is 83.4 cm³/mol. The van der Waals surface area contributed by atoms with Crippen LogP contribution in [0.15, 0.2) is 48.5 Å². The Balaban J connectivity index is 2.14. The number of rotatable bonds is 2. The van der Waals surface area contributed by atoms with E-state index in [1.807, 2.05) is 51.1 Å². The van der Waals surface area contributed by atoms with Crippen molar-refractivity contribution in [2.45, 2.75) is 26.4 Å². The van der Waals surface area contributed by atoms with Crippen molar-refractivity contribution in [3.05, 3.63) is 48.5 Å². The molecule has 0 bridgehead atoms. The molecule has 0 aromatic heterocycles. The molecular formula is C17H19NO3. The van der Waals surface area contributed by atoms with Crippen molar-refractivity contribution < 1.29 is 14.6 Å². The molecule has 0 unspecified atom stereocenters. The Kier molecular flexibility index (Phi) is 4.17. The first-order chi connectivity index (χ1) is 9.83. The molecule has 2 N–H and O–H groups in total. The number of hydrogen-bond donors (Lipinski definition) is 2. The summed E-state index contributed by atoms with van der Waals surface area (Å²) in [7, 11) is 0. The lowest BCUT2D eigenvalue weighted by atomic mass is 10.1. The number of carbonyl (C=O) groups excluding carboxylic acids is 1. The summed E-state index contributed by atoms with van der Waals surface area (Å²) in [6, 6.07) is 14.3. The highest BCUT2D eigenvalue weighted by Gasteiger charge is 2.16. The number of hydrogen-bond acceptors (Lipinski definition) is 3. The Hall–Kier alpha value is -2.49. The van der Waals surface area contributed by atoms with E-state index in [9.17, 15) is 9.90 Å². The number of phenols is 1. The highest BCUT2D eigenvalue weighted by atomic mass is 16.6. The molecule has 0 aliphatic carbocycles. The van der Waals surface area contributed by atoms with Crippen LogP contribution in [0.25, 0.3) is 11.1 Å². The van der Waals surface area contributed by atoms with Crippen molar-refractivity contribution in [3.63, 3.8) is 0 Å². The summed E-state index contributed by atoms with van der Waals surface area (Å²) in [5.41, 5.74) is 2.04. The highest BCUT2D eigenvalue weighted by molar-refractivity contribution is 5.86. The Bertz CT molecular complexity index is 627. The minimum atomic E-state index is -0.529. The highest BCUT2D eigenvalue weighted by Crippen LogP contribution is 2.24. The van der Waals surface area contributed by atoms with Crippen molar-refractivity contribution >= 4 is 11.8 Å². The SMILES string of the molecule is CC(C)(C)OC(=O)Nc1cccc(-c2ccc(O)cc2)c1. The van der Waals surface area contributed by atoms with Gasteiger partial charge in [-0.2, -0.15) is 0 Å². The van der Waals surface area contributed by atoms with Crippen LogP contribution in [0.1, 0.15) is 20.8 Å². The van der Waals surface area contributed by atoms with Crippen LogP contribution in [0.4, 0.5) is 10.5 Å². The van der Waals surface area contributed by atoms with Crippen LogP contribution in [0.5, 0.6) is 5.75 Å². The van der Waals surface area contributed by atoms with Gasteiger partial charge in [0, 0.05) is 5.69 Å². The van der Waals surface area contributed by atoms with Gasteiger partial charge in [0.05, 0.1) is 0 Å². The standard InChI is InChI=1S/C17H19NO3/c1-17(2,3)21-16(20)18-14-6-4-5-13(11-14)12-7-9-15(19)10-8-12/h4-11,19H,1-3H3,(H,18,20). The van der Waals surface area contributed by atoms with Crippen molar-refractivity contribution in [2.24, 2.45) is 0 Å². The average Bonchev–Trinajstić information content (AvgIpc) is 2.37. The fraction of sp³-hybridized carbons (Fsp3) is 0.235. The van der Waals surface area contributed by atoms with Gasteiger partial charge in [-0.15, -0.1) is 0 Å². The third-order valence-corrected chi connectivity index (χ3v) is 2.71.